The molecule has 5 rings (SSSR count). The van der Waals surface area contributed by atoms with Crippen molar-refractivity contribution in [3.63, 3.8) is 0 Å². The molecule has 208 valence electrons. The molecule has 0 unspecified atom stereocenters. The molecule has 0 bridgehead atoms. The third-order valence-electron chi connectivity index (χ3n) is 6.20. The lowest BCUT2D eigenvalue weighted by Crippen LogP contribution is -2.30. The molecule has 0 atom stereocenters. The van der Waals surface area contributed by atoms with Crippen LogP contribution in [0.2, 0.25) is 0 Å². The van der Waals surface area contributed by atoms with Crippen molar-refractivity contribution in [3.8, 4) is 0 Å². The average Bonchev–Trinajstić information content (AvgIpc) is 3.01. The van der Waals surface area contributed by atoms with Crippen LogP contribution < -0.4 is 16.0 Å². The molecule has 0 heterocycles. The van der Waals surface area contributed by atoms with Gasteiger partial charge in [0.1, 0.15) is 11.5 Å². The molecule has 0 aliphatic heterocycles. The Morgan fingerprint density at radius 1 is 0.690 bits per heavy atom. The minimum atomic E-state index is -0.556. The maximum Gasteiger partial charge on any atom is 0.272 e. The summed E-state index contributed by atoms with van der Waals surface area (Å²) in [6, 6.07) is 34.9. The number of hydrogen-bond donors (Lipinski definition) is 3. The maximum absolute atomic E-state index is 13.4. The van der Waals surface area contributed by atoms with E-state index in [0.717, 1.165) is 21.4 Å². The van der Waals surface area contributed by atoms with Gasteiger partial charge in [0.2, 0.25) is 5.91 Å². The van der Waals surface area contributed by atoms with Crippen molar-refractivity contribution in [3.05, 3.63) is 144 Å². The van der Waals surface area contributed by atoms with E-state index < -0.39 is 17.6 Å². The SMILES string of the molecule is O=C(CSc1cccc(NC(=O)/C(=C/c2ccc(F)cc2)NC(=O)c2ccccc2)c1)Nc1ccc2ccccc2c1. The highest BCUT2D eigenvalue weighted by molar-refractivity contribution is 8.00. The molecule has 6 nitrogen and oxygen atoms in total. The van der Waals surface area contributed by atoms with Crippen molar-refractivity contribution in [1.29, 1.82) is 0 Å². The monoisotopic (exact) mass is 575 g/mol. The fourth-order valence-corrected chi connectivity index (χ4v) is 4.90. The summed E-state index contributed by atoms with van der Waals surface area (Å²) in [5.74, 6) is -1.40. The number of amides is 3. The largest absolute Gasteiger partial charge is 0.325 e. The number of benzene rings is 5. The minimum Gasteiger partial charge on any atom is -0.325 e. The van der Waals surface area contributed by atoms with Crippen LogP contribution in [0.1, 0.15) is 15.9 Å². The van der Waals surface area contributed by atoms with Crippen LogP contribution in [0.25, 0.3) is 16.8 Å². The molecule has 0 radical (unpaired) electrons. The van der Waals surface area contributed by atoms with Gasteiger partial charge in [-0.25, -0.2) is 4.39 Å². The summed E-state index contributed by atoms with van der Waals surface area (Å²) in [6.07, 6.45) is 1.48. The number of carbonyl (C=O) groups excluding carboxylic acids is 3. The molecule has 0 saturated carbocycles. The third-order valence-corrected chi connectivity index (χ3v) is 7.20. The second kappa shape index (κ2) is 13.4. The standard InChI is InChI=1S/C34H26FN3O3S/c35-27-16-13-23(14-17-27)19-31(38-33(40)25-8-2-1-3-9-25)34(41)37-28-11-6-12-30(21-28)42-22-32(39)36-29-18-15-24-7-4-5-10-26(24)20-29/h1-21H,22H2,(H,36,39)(H,37,41)(H,38,40)/b31-19-. The van der Waals surface area contributed by atoms with E-state index in [-0.39, 0.29) is 17.4 Å². The predicted octanol–water partition coefficient (Wildman–Crippen LogP) is 7.12. The summed E-state index contributed by atoms with van der Waals surface area (Å²) in [5, 5.41) is 10.5. The van der Waals surface area contributed by atoms with Crippen molar-refractivity contribution in [2.45, 2.75) is 4.90 Å². The van der Waals surface area contributed by atoms with Crippen molar-refractivity contribution < 1.29 is 18.8 Å². The lowest BCUT2D eigenvalue weighted by molar-refractivity contribution is -0.114. The van der Waals surface area contributed by atoms with Crippen LogP contribution in [-0.4, -0.2) is 23.5 Å². The molecule has 0 aliphatic rings. The average molecular weight is 576 g/mol. The van der Waals surface area contributed by atoms with Gasteiger partial charge >= 0.3 is 0 Å². The van der Waals surface area contributed by atoms with Crippen molar-refractivity contribution in [2.75, 3.05) is 16.4 Å². The summed E-state index contributed by atoms with van der Waals surface area (Å²) < 4.78 is 13.4. The molecule has 5 aromatic carbocycles. The van der Waals surface area contributed by atoms with Gasteiger partial charge in [-0.3, -0.25) is 14.4 Å². The summed E-state index contributed by atoms with van der Waals surface area (Å²) >= 11 is 1.33. The first-order valence-corrected chi connectivity index (χ1v) is 14.1. The molecular weight excluding hydrogens is 549 g/mol. The van der Waals surface area contributed by atoms with Gasteiger partial charge in [0.25, 0.3) is 11.8 Å². The normalized spacial score (nSPS) is 11.1. The number of carbonyl (C=O) groups is 3. The molecule has 0 fully saturated rings. The highest BCUT2D eigenvalue weighted by atomic mass is 32.2. The van der Waals surface area contributed by atoms with Gasteiger partial charge in [0.15, 0.2) is 0 Å². The molecule has 3 amide bonds. The Labute approximate surface area is 246 Å². The quantitative estimate of drug-likeness (QED) is 0.129. The molecule has 0 spiro atoms. The van der Waals surface area contributed by atoms with E-state index in [1.165, 1.54) is 42.1 Å². The van der Waals surface area contributed by atoms with Crippen molar-refractivity contribution in [2.24, 2.45) is 0 Å². The molecule has 0 saturated heterocycles. The van der Waals surface area contributed by atoms with Crippen molar-refractivity contribution >= 4 is 57.7 Å². The lowest BCUT2D eigenvalue weighted by Gasteiger charge is -2.12. The van der Waals surface area contributed by atoms with Gasteiger partial charge < -0.3 is 16.0 Å². The second-order valence-electron chi connectivity index (χ2n) is 9.31. The van der Waals surface area contributed by atoms with Gasteiger partial charge in [-0.05, 0) is 77.0 Å². The van der Waals surface area contributed by atoms with E-state index in [9.17, 15) is 18.8 Å². The zero-order valence-corrected chi connectivity index (χ0v) is 23.2. The smallest absolute Gasteiger partial charge is 0.272 e. The molecule has 5 aromatic rings. The second-order valence-corrected chi connectivity index (χ2v) is 10.4. The summed E-state index contributed by atoms with van der Waals surface area (Å²) in [7, 11) is 0. The molecular formula is C34H26FN3O3S. The molecule has 0 aromatic heterocycles. The van der Waals surface area contributed by atoms with Crippen LogP contribution in [0.5, 0.6) is 0 Å². The van der Waals surface area contributed by atoms with E-state index in [1.54, 1.807) is 48.5 Å². The summed E-state index contributed by atoms with van der Waals surface area (Å²) in [5.41, 5.74) is 2.12. The Hall–Kier alpha value is -5.21. The van der Waals surface area contributed by atoms with E-state index in [2.05, 4.69) is 16.0 Å². The Kier molecular flexibility index (Phi) is 9.06. The third kappa shape index (κ3) is 7.71. The first kappa shape index (κ1) is 28.3. The topological polar surface area (TPSA) is 87.3 Å². The maximum atomic E-state index is 13.4. The number of thioether (sulfide) groups is 1. The van der Waals surface area contributed by atoms with Gasteiger partial charge in [0.05, 0.1) is 5.75 Å². The fraction of sp³-hybridized carbons (Fsp3) is 0.0294. The summed E-state index contributed by atoms with van der Waals surface area (Å²) in [6.45, 7) is 0. The number of rotatable bonds is 9. The highest BCUT2D eigenvalue weighted by Crippen LogP contribution is 2.24. The van der Waals surface area contributed by atoms with Crippen molar-refractivity contribution in [1.82, 2.24) is 5.32 Å². The first-order valence-electron chi connectivity index (χ1n) is 13.1. The Balaban J connectivity index is 1.25. The van der Waals surface area contributed by atoms with Crippen LogP contribution >= 0.6 is 11.8 Å². The number of fused-ring (bicyclic) bond motifs is 1. The van der Waals surface area contributed by atoms with Crippen LogP contribution in [-0.2, 0) is 9.59 Å². The number of hydrogen-bond acceptors (Lipinski definition) is 4. The Morgan fingerprint density at radius 2 is 1.40 bits per heavy atom. The van der Waals surface area contributed by atoms with E-state index >= 15 is 0 Å². The van der Waals surface area contributed by atoms with E-state index in [4.69, 9.17) is 0 Å². The molecule has 42 heavy (non-hydrogen) atoms. The molecule has 8 heteroatoms. The lowest BCUT2D eigenvalue weighted by atomic mass is 10.1. The zero-order chi connectivity index (χ0) is 29.3. The van der Waals surface area contributed by atoms with Gasteiger partial charge in [-0.1, -0.05) is 66.7 Å². The predicted molar refractivity (Wildman–Crippen MR) is 167 cm³/mol. The van der Waals surface area contributed by atoms with Gasteiger partial charge in [-0.15, -0.1) is 11.8 Å². The van der Waals surface area contributed by atoms with Gasteiger partial charge in [0, 0.05) is 21.8 Å². The zero-order valence-electron chi connectivity index (χ0n) is 22.3. The molecule has 3 N–H and O–H groups in total. The van der Waals surface area contributed by atoms with Gasteiger partial charge in [-0.2, -0.15) is 0 Å². The number of nitrogens with one attached hydrogen (secondary N) is 3. The Bertz CT molecular complexity index is 1770. The Morgan fingerprint density at radius 3 is 2.19 bits per heavy atom. The van der Waals surface area contributed by atoms with Crippen LogP contribution in [0.4, 0.5) is 15.8 Å². The first-order chi connectivity index (χ1) is 20.4. The molecule has 0 aliphatic carbocycles. The van der Waals surface area contributed by atoms with E-state index in [1.807, 2.05) is 48.5 Å². The highest BCUT2D eigenvalue weighted by Gasteiger charge is 2.15. The number of anilines is 2. The summed E-state index contributed by atoms with van der Waals surface area (Å²) in [4.78, 5) is 39.5. The van der Waals surface area contributed by atoms with Crippen LogP contribution in [0.3, 0.4) is 0 Å². The number of halogens is 1. The van der Waals surface area contributed by atoms with Crippen LogP contribution in [0, 0.1) is 5.82 Å². The van der Waals surface area contributed by atoms with E-state index in [0.29, 0.717) is 16.8 Å². The minimum absolute atomic E-state index is 0.0109. The fourth-order valence-electron chi connectivity index (χ4n) is 4.14. The van der Waals surface area contributed by atoms with Crippen LogP contribution in [0.15, 0.2) is 132 Å².